The number of rotatable bonds is 8. The van der Waals surface area contributed by atoms with Gasteiger partial charge in [-0.2, -0.15) is 0 Å². The fourth-order valence-corrected chi connectivity index (χ4v) is 5.19. The number of hydrogen-bond donors (Lipinski definition) is 3. The van der Waals surface area contributed by atoms with Crippen molar-refractivity contribution in [1.29, 1.82) is 0 Å². The number of nitrogens with two attached hydrogens (primary N) is 1. The molecule has 0 saturated carbocycles. The van der Waals surface area contributed by atoms with Gasteiger partial charge in [0.05, 0.1) is 16.3 Å². The largest absolute Gasteiger partial charge is 0.478 e. The van der Waals surface area contributed by atoms with Crippen LogP contribution >= 0.6 is 34.7 Å². The van der Waals surface area contributed by atoms with Gasteiger partial charge in [-0.05, 0) is 23.8 Å². The monoisotopic (exact) mass is 475 g/mol. The molecule has 2 aromatic carbocycles. The van der Waals surface area contributed by atoms with Gasteiger partial charge in [-0.15, -0.1) is 23.1 Å². The molecule has 0 aliphatic carbocycles. The van der Waals surface area contributed by atoms with E-state index in [1.165, 1.54) is 35.7 Å². The van der Waals surface area contributed by atoms with E-state index in [4.69, 9.17) is 17.3 Å². The lowest BCUT2D eigenvalue weighted by Gasteiger charge is -2.14. The predicted molar refractivity (Wildman–Crippen MR) is 118 cm³/mol. The molecule has 0 aliphatic rings. The van der Waals surface area contributed by atoms with Gasteiger partial charge < -0.3 is 15.9 Å². The van der Waals surface area contributed by atoms with E-state index in [0.29, 0.717) is 5.56 Å². The second-order valence-corrected chi connectivity index (χ2v) is 8.48. The van der Waals surface area contributed by atoms with Crippen LogP contribution < -0.4 is 5.73 Å². The number of hydrogen-bond acceptors (Lipinski definition) is 6. The van der Waals surface area contributed by atoms with E-state index in [2.05, 4.69) is 0 Å². The molecule has 31 heavy (non-hydrogen) atoms. The molecule has 7 nitrogen and oxygen atoms in total. The Bertz CT molecular complexity index is 1220. The molecule has 0 atom stereocenters. The topological polar surface area (TPSA) is 135 Å². The maximum Gasteiger partial charge on any atom is 0.347 e. The van der Waals surface area contributed by atoms with Crippen LogP contribution in [0.1, 0.15) is 36.0 Å². The molecule has 1 heterocycles. The SMILES string of the molecule is NC(=O)CSc1c(-c2cccc(C(=O)O)c2C(=O)c2ccccc2Cl)csc1C(=O)O. The second kappa shape index (κ2) is 9.34. The number of primary amides is 1. The third-order valence-electron chi connectivity index (χ3n) is 4.23. The Balaban J connectivity index is 2.28. The number of amides is 1. The molecule has 0 fully saturated rings. The number of carbonyl (C=O) groups excluding carboxylic acids is 2. The molecule has 158 valence electrons. The molecule has 0 saturated heterocycles. The van der Waals surface area contributed by atoms with Gasteiger partial charge in [-0.25, -0.2) is 9.59 Å². The predicted octanol–water partition coefficient (Wildman–Crippen LogP) is 4.27. The van der Waals surface area contributed by atoms with Gasteiger partial charge in [0.1, 0.15) is 4.88 Å². The van der Waals surface area contributed by atoms with Crippen molar-refractivity contribution in [3.8, 4) is 11.1 Å². The fraction of sp³-hybridized carbons (Fsp3) is 0.0476. The summed E-state index contributed by atoms with van der Waals surface area (Å²) in [5.74, 6) is -3.98. The quantitative estimate of drug-likeness (QED) is 0.327. The van der Waals surface area contributed by atoms with Crippen molar-refractivity contribution in [3.05, 3.63) is 74.4 Å². The van der Waals surface area contributed by atoms with E-state index < -0.39 is 23.6 Å². The average molecular weight is 476 g/mol. The molecule has 0 spiro atoms. The highest BCUT2D eigenvalue weighted by atomic mass is 35.5. The van der Waals surface area contributed by atoms with Gasteiger partial charge in [0.25, 0.3) is 0 Å². The summed E-state index contributed by atoms with van der Waals surface area (Å²) in [7, 11) is 0. The number of thioether (sulfide) groups is 1. The van der Waals surface area contributed by atoms with Gasteiger partial charge >= 0.3 is 11.9 Å². The summed E-state index contributed by atoms with van der Waals surface area (Å²) < 4.78 is 0. The number of ketones is 1. The van der Waals surface area contributed by atoms with Gasteiger partial charge in [-0.1, -0.05) is 35.9 Å². The lowest BCUT2D eigenvalue weighted by molar-refractivity contribution is -0.115. The zero-order chi connectivity index (χ0) is 22.7. The number of halogens is 1. The number of benzene rings is 2. The normalized spacial score (nSPS) is 10.6. The Morgan fingerprint density at radius 2 is 1.61 bits per heavy atom. The van der Waals surface area contributed by atoms with Crippen molar-refractivity contribution in [2.75, 3.05) is 5.75 Å². The second-order valence-electron chi connectivity index (χ2n) is 6.21. The highest BCUT2D eigenvalue weighted by molar-refractivity contribution is 8.00. The van der Waals surface area contributed by atoms with Crippen LogP contribution in [0, 0.1) is 0 Å². The summed E-state index contributed by atoms with van der Waals surface area (Å²) >= 11 is 7.98. The summed E-state index contributed by atoms with van der Waals surface area (Å²) in [6.45, 7) is 0. The van der Waals surface area contributed by atoms with Crippen LogP contribution in [0.4, 0.5) is 0 Å². The van der Waals surface area contributed by atoms with E-state index >= 15 is 0 Å². The molecule has 0 aliphatic heterocycles. The van der Waals surface area contributed by atoms with E-state index in [1.54, 1.807) is 12.1 Å². The van der Waals surface area contributed by atoms with Crippen LogP contribution in [-0.4, -0.2) is 39.6 Å². The third-order valence-corrected chi connectivity index (χ3v) is 6.80. The molecule has 3 rings (SSSR count). The van der Waals surface area contributed by atoms with Crippen LogP contribution in [0.5, 0.6) is 0 Å². The smallest absolute Gasteiger partial charge is 0.347 e. The molecular formula is C21H14ClNO6S2. The highest BCUT2D eigenvalue weighted by Crippen LogP contribution is 2.41. The third kappa shape index (κ3) is 4.63. The van der Waals surface area contributed by atoms with Crippen molar-refractivity contribution < 1.29 is 29.4 Å². The molecular weight excluding hydrogens is 462 g/mol. The maximum atomic E-state index is 13.4. The van der Waals surface area contributed by atoms with Crippen LogP contribution in [0.25, 0.3) is 11.1 Å². The summed E-state index contributed by atoms with van der Waals surface area (Å²) in [5.41, 5.74) is 5.49. The Morgan fingerprint density at radius 1 is 0.935 bits per heavy atom. The summed E-state index contributed by atoms with van der Waals surface area (Å²) in [4.78, 5) is 48.4. The first-order valence-electron chi connectivity index (χ1n) is 8.64. The first-order valence-corrected chi connectivity index (χ1v) is 10.9. The van der Waals surface area contributed by atoms with Crippen molar-refractivity contribution in [1.82, 2.24) is 0 Å². The standard InChI is InChI=1S/C21H14ClNO6S2/c22-14-7-2-1-4-11(14)17(25)16-10(5-3-6-12(16)20(26)27)13-8-30-19(21(28)29)18(13)31-9-15(23)24/h1-8H,9H2,(H2,23,24)(H,26,27)(H,28,29). The van der Waals surface area contributed by atoms with Crippen LogP contribution in [-0.2, 0) is 4.79 Å². The average Bonchev–Trinajstić information content (AvgIpc) is 3.15. The highest BCUT2D eigenvalue weighted by Gasteiger charge is 2.27. The molecule has 3 aromatic rings. The number of carboxylic acid groups (broad SMARTS) is 2. The number of carboxylic acids is 2. The fourth-order valence-electron chi connectivity index (χ4n) is 2.95. The minimum Gasteiger partial charge on any atom is -0.478 e. The molecule has 0 radical (unpaired) electrons. The van der Waals surface area contributed by atoms with Crippen molar-refractivity contribution in [3.63, 3.8) is 0 Å². The first kappa shape index (κ1) is 22.5. The van der Waals surface area contributed by atoms with Gasteiger partial charge in [0.15, 0.2) is 5.78 Å². The van der Waals surface area contributed by atoms with Crippen molar-refractivity contribution in [2.24, 2.45) is 5.73 Å². The Labute approximate surface area is 189 Å². The Morgan fingerprint density at radius 3 is 2.23 bits per heavy atom. The molecule has 0 bridgehead atoms. The minimum absolute atomic E-state index is 0.0434. The van der Waals surface area contributed by atoms with Crippen LogP contribution in [0.2, 0.25) is 5.02 Å². The molecule has 10 heteroatoms. The van der Waals surface area contributed by atoms with Crippen molar-refractivity contribution >= 4 is 58.3 Å². The van der Waals surface area contributed by atoms with E-state index in [-0.39, 0.29) is 42.8 Å². The lowest BCUT2D eigenvalue weighted by atomic mass is 9.90. The van der Waals surface area contributed by atoms with E-state index in [1.807, 2.05) is 0 Å². The van der Waals surface area contributed by atoms with Gasteiger partial charge in [0, 0.05) is 27.0 Å². The summed E-state index contributed by atoms with van der Waals surface area (Å²) in [5, 5.41) is 20.9. The Kier molecular flexibility index (Phi) is 6.79. The minimum atomic E-state index is -1.32. The molecule has 1 aromatic heterocycles. The first-order chi connectivity index (χ1) is 14.7. The number of thiophene rings is 1. The molecule has 4 N–H and O–H groups in total. The van der Waals surface area contributed by atoms with Crippen molar-refractivity contribution in [2.45, 2.75) is 4.90 Å². The van der Waals surface area contributed by atoms with Crippen LogP contribution in [0.3, 0.4) is 0 Å². The molecule has 1 amide bonds. The van der Waals surface area contributed by atoms with Gasteiger partial charge in [0.2, 0.25) is 5.91 Å². The summed E-state index contributed by atoms with van der Waals surface area (Å²) in [6.07, 6.45) is 0. The zero-order valence-electron chi connectivity index (χ0n) is 15.6. The molecule has 0 unspecified atom stereocenters. The zero-order valence-corrected chi connectivity index (χ0v) is 18.0. The van der Waals surface area contributed by atoms with Crippen LogP contribution in [0.15, 0.2) is 52.7 Å². The number of aromatic carboxylic acids is 2. The maximum absolute atomic E-state index is 13.4. The van der Waals surface area contributed by atoms with E-state index in [0.717, 1.165) is 23.1 Å². The summed E-state index contributed by atoms with van der Waals surface area (Å²) in [6, 6.07) is 10.5. The van der Waals surface area contributed by atoms with E-state index in [9.17, 15) is 29.4 Å². The Hall–Kier alpha value is -3.14. The number of carbonyl (C=O) groups is 4. The lowest BCUT2D eigenvalue weighted by Crippen LogP contribution is -2.14. The van der Waals surface area contributed by atoms with Gasteiger partial charge in [-0.3, -0.25) is 9.59 Å².